The number of ether oxygens (including phenoxy) is 1. The normalized spacial score (nSPS) is 11.0. The highest BCUT2D eigenvalue weighted by atomic mass is 32.1. The van der Waals surface area contributed by atoms with Gasteiger partial charge in [0.15, 0.2) is 5.75 Å². The fourth-order valence-electron chi connectivity index (χ4n) is 2.84. The van der Waals surface area contributed by atoms with Crippen LogP contribution in [-0.2, 0) is 0 Å². The lowest BCUT2D eigenvalue weighted by Crippen LogP contribution is -2.10. The number of anilines is 1. The van der Waals surface area contributed by atoms with E-state index in [-0.39, 0.29) is 11.7 Å². The first-order chi connectivity index (χ1) is 14.7. The third kappa shape index (κ3) is 3.51. The van der Waals surface area contributed by atoms with Gasteiger partial charge in [-0.1, -0.05) is 11.2 Å². The van der Waals surface area contributed by atoms with Gasteiger partial charge in [0, 0.05) is 17.8 Å². The molecule has 0 aliphatic carbocycles. The number of carbonyl (C=O) groups is 1. The van der Waals surface area contributed by atoms with E-state index in [1.807, 2.05) is 24.4 Å². The monoisotopic (exact) mass is 418 g/mol. The molecule has 9 nitrogen and oxygen atoms in total. The molecule has 4 aromatic heterocycles. The zero-order chi connectivity index (χ0) is 20.5. The third-order valence-corrected chi connectivity index (χ3v) is 5.10. The Hall–Kier alpha value is -4.05. The quantitative estimate of drug-likeness (QED) is 0.456. The van der Waals surface area contributed by atoms with Gasteiger partial charge in [0.1, 0.15) is 17.8 Å². The van der Waals surface area contributed by atoms with Crippen LogP contribution in [0.5, 0.6) is 11.5 Å². The van der Waals surface area contributed by atoms with Crippen molar-refractivity contribution >= 4 is 28.6 Å². The summed E-state index contributed by atoms with van der Waals surface area (Å²) in [7, 11) is 0. The topological polar surface area (TPSA) is 107 Å². The van der Waals surface area contributed by atoms with Gasteiger partial charge in [0.05, 0.1) is 10.6 Å². The minimum atomic E-state index is -0.381. The van der Waals surface area contributed by atoms with Crippen LogP contribution in [0.3, 0.4) is 0 Å². The van der Waals surface area contributed by atoms with Crippen molar-refractivity contribution in [2.75, 3.05) is 5.32 Å². The second-order valence-corrected chi connectivity index (χ2v) is 7.33. The molecular weight excluding hydrogens is 404 g/mol. The van der Waals surface area contributed by atoms with Crippen LogP contribution in [0.4, 0.5) is 5.69 Å². The number of aromatic nitrogens is 5. The highest BCUT2D eigenvalue weighted by Gasteiger charge is 2.15. The minimum absolute atomic E-state index is 0.139. The van der Waals surface area contributed by atoms with Gasteiger partial charge in [0.25, 0.3) is 5.91 Å². The molecule has 0 bridgehead atoms. The number of nitrogens with zero attached hydrogens (tertiary/aromatic N) is 5. The average Bonchev–Trinajstić information content (AvgIpc) is 3.50. The van der Waals surface area contributed by atoms with E-state index in [2.05, 4.69) is 25.8 Å². The van der Waals surface area contributed by atoms with Gasteiger partial charge in [0.2, 0.25) is 11.4 Å². The molecule has 0 saturated heterocycles. The Morgan fingerprint density at radius 1 is 1.20 bits per heavy atom. The SMILES string of the molecule is Cc1cc(Oc2ccc(NC(=O)c3cc(-c4cccs4)no3)cc2)c2nncn2n1. The molecule has 148 valence electrons. The lowest BCUT2D eigenvalue weighted by Gasteiger charge is -2.08. The molecule has 1 amide bonds. The average molecular weight is 418 g/mol. The zero-order valence-corrected chi connectivity index (χ0v) is 16.5. The highest BCUT2D eigenvalue weighted by Crippen LogP contribution is 2.27. The van der Waals surface area contributed by atoms with Crippen molar-refractivity contribution in [1.29, 1.82) is 0 Å². The van der Waals surface area contributed by atoms with Crippen LogP contribution in [0.25, 0.3) is 16.2 Å². The standard InChI is InChI=1S/C20H14N6O3S/c1-12-9-16(19-23-21-11-26(19)24-12)28-14-6-4-13(5-7-14)22-20(27)17-10-15(25-29-17)18-3-2-8-30-18/h2-11H,1H3,(H,22,27). The Kier molecular flexibility index (Phi) is 4.45. The molecule has 4 heterocycles. The van der Waals surface area contributed by atoms with Gasteiger partial charge >= 0.3 is 0 Å². The highest BCUT2D eigenvalue weighted by molar-refractivity contribution is 7.13. The van der Waals surface area contributed by atoms with Gasteiger partial charge in [-0.05, 0) is 42.6 Å². The predicted octanol–water partition coefficient (Wildman–Crippen LogP) is 4.19. The molecule has 0 unspecified atom stereocenters. The number of amides is 1. The summed E-state index contributed by atoms with van der Waals surface area (Å²) in [5.74, 6) is 0.886. The van der Waals surface area contributed by atoms with Crippen LogP contribution in [0.15, 0.2) is 64.8 Å². The first-order valence-corrected chi connectivity index (χ1v) is 9.81. The summed E-state index contributed by atoms with van der Waals surface area (Å²) < 4.78 is 12.6. The maximum atomic E-state index is 12.4. The van der Waals surface area contributed by atoms with Crippen molar-refractivity contribution in [1.82, 2.24) is 25.0 Å². The summed E-state index contributed by atoms with van der Waals surface area (Å²) in [6, 6.07) is 14.2. The van der Waals surface area contributed by atoms with E-state index in [0.717, 1.165) is 10.6 Å². The van der Waals surface area contributed by atoms with Gasteiger partial charge in [-0.2, -0.15) is 9.61 Å². The Morgan fingerprint density at radius 3 is 2.87 bits per heavy atom. The van der Waals surface area contributed by atoms with Crippen molar-refractivity contribution in [2.45, 2.75) is 6.92 Å². The molecule has 0 aliphatic rings. The van der Waals surface area contributed by atoms with Gasteiger partial charge < -0.3 is 14.6 Å². The molecule has 0 spiro atoms. The molecule has 5 rings (SSSR count). The van der Waals surface area contributed by atoms with E-state index in [0.29, 0.717) is 28.5 Å². The predicted molar refractivity (Wildman–Crippen MR) is 110 cm³/mol. The Bertz CT molecular complexity index is 1320. The van der Waals surface area contributed by atoms with Crippen LogP contribution in [-0.4, -0.2) is 30.9 Å². The largest absolute Gasteiger partial charge is 0.453 e. The first kappa shape index (κ1) is 18.0. The van der Waals surface area contributed by atoms with Crippen molar-refractivity contribution in [3.8, 4) is 22.1 Å². The summed E-state index contributed by atoms with van der Waals surface area (Å²) in [5, 5.41) is 20.8. The van der Waals surface area contributed by atoms with Crippen LogP contribution in [0.1, 0.15) is 16.2 Å². The van der Waals surface area contributed by atoms with E-state index < -0.39 is 0 Å². The summed E-state index contributed by atoms with van der Waals surface area (Å²) in [6.45, 7) is 1.86. The number of nitrogens with one attached hydrogen (secondary N) is 1. The van der Waals surface area contributed by atoms with Crippen LogP contribution in [0.2, 0.25) is 0 Å². The summed E-state index contributed by atoms with van der Waals surface area (Å²) in [5.41, 5.74) is 2.52. The Morgan fingerprint density at radius 2 is 2.07 bits per heavy atom. The zero-order valence-electron chi connectivity index (χ0n) is 15.6. The molecule has 0 radical (unpaired) electrons. The summed E-state index contributed by atoms with van der Waals surface area (Å²) in [6.07, 6.45) is 1.52. The molecule has 0 atom stereocenters. The Balaban J connectivity index is 1.29. The molecule has 0 fully saturated rings. The van der Waals surface area contributed by atoms with Crippen molar-refractivity contribution in [3.63, 3.8) is 0 Å². The fourth-order valence-corrected chi connectivity index (χ4v) is 3.52. The van der Waals surface area contributed by atoms with Gasteiger partial charge in [-0.25, -0.2) is 0 Å². The number of rotatable bonds is 5. The second kappa shape index (κ2) is 7.41. The number of aryl methyl sites for hydroxylation is 1. The number of hydrogen-bond acceptors (Lipinski definition) is 8. The second-order valence-electron chi connectivity index (χ2n) is 6.38. The van der Waals surface area contributed by atoms with E-state index in [1.54, 1.807) is 40.9 Å². The first-order valence-electron chi connectivity index (χ1n) is 8.93. The number of fused-ring (bicyclic) bond motifs is 1. The molecule has 1 N–H and O–H groups in total. The van der Waals surface area contributed by atoms with E-state index >= 15 is 0 Å². The minimum Gasteiger partial charge on any atom is -0.453 e. The molecular formula is C20H14N6O3S. The summed E-state index contributed by atoms with van der Waals surface area (Å²) >= 11 is 1.53. The van der Waals surface area contributed by atoms with Gasteiger partial charge in [-0.3, -0.25) is 4.79 Å². The van der Waals surface area contributed by atoms with E-state index in [9.17, 15) is 4.79 Å². The van der Waals surface area contributed by atoms with Crippen molar-refractivity contribution in [2.24, 2.45) is 0 Å². The Labute approximate surface area is 173 Å². The van der Waals surface area contributed by atoms with Crippen molar-refractivity contribution in [3.05, 3.63) is 71.7 Å². The van der Waals surface area contributed by atoms with E-state index in [1.165, 1.54) is 17.7 Å². The lowest BCUT2D eigenvalue weighted by molar-refractivity contribution is 0.0988. The fraction of sp³-hybridized carbons (Fsp3) is 0.0500. The smallest absolute Gasteiger partial charge is 0.294 e. The molecule has 1 aromatic carbocycles. The molecule has 10 heteroatoms. The molecule has 5 aromatic rings. The number of carbonyl (C=O) groups excluding carboxylic acids is 1. The maximum absolute atomic E-state index is 12.4. The number of thiophene rings is 1. The number of benzene rings is 1. The number of hydrogen-bond donors (Lipinski definition) is 1. The van der Waals surface area contributed by atoms with Gasteiger partial charge in [-0.15, -0.1) is 21.5 Å². The third-order valence-electron chi connectivity index (χ3n) is 4.20. The van der Waals surface area contributed by atoms with Crippen LogP contribution in [0, 0.1) is 6.92 Å². The van der Waals surface area contributed by atoms with Crippen LogP contribution >= 0.6 is 11.3 Å². The van der Waals surface area contributed by atoms with E-state index in [4.69, 9.17) is 9.26 Å². The lowest BCUT2D eigenvalue weighted by atomic mass is 10.2. The molecule has 0 saturated carbocycles. The summed E-state index contributed by atoms with van der Waals surface area (Å²) in [4.78, 5) is 13.4. The van der Waals surface area contributed by atoms with Crippen LogP contribution < -0.4 is 10.1 Å². The molecule has 30 heavy (non-hydrogen) atoms. The molecule has 0 aliphatic heterocycles. The maximum Gasteiger partial charge on any atom is 0.294 e. The van der Waals surface area contributed by atoms with Crippen molar-refractivity contribution < 1.29 is 14.1 Å².